The normalized spacial score (nSPS) is 9.71. The first-order valence-electron chi connectivity index (χ1n) is 4.92. The number of benzene rings is 2. The fraction of sp³-hybridized carbons (Fsp3) is 0. The lowest BCUT2D eigenvalue weighted by Crippen LogP contribution is -1.94. The third kappa shape index (κ3) is 2.52. The van der Waals surface area contributed by atoms with E-state index in [2.05, 4.69) is 11.4 Å². The van der Waals surface area contributed by atoms with E-state index in [9.17, 15) is 0 Å². The molecule has 84 valence electrons. The van der Waals surface area contributed by atoms with Crippen molar-refractivity contribution in [2.24, 2.45) is 0 Å². The van der Waals surface area contributed by atoms with Crippen LogP contribution in [-0.2, 0) is 0 Å². The van der Waals surface area contributed by atoms with Crippen molar-refractivity contribution in [3.63, 3.8) is 0 Å². The summed E-state index contributed by atoms with van der Waals surface area (Å²) in [5, 5.41) is 13.0. The molecule has 0 spiro atoms. The summed E-state index contributed by atoms with van der Waals surface area (Å²) >= 11 is 12.0. The Balaban J connectivity index is 2.39. The van der Waals surface area contributed by atoms with Crippen LogP contribution in [0.1, 0.15) is 5.56 Å². The second kappa shape index (κ2) is 5.09. The smallest absolute Gasteiger partial charge is 0.101 e. The van der Waals surface area contributed by atoms with Crippen LogP contribution in [0.25, 0.3) is 0 Å². The van der Waals surface area contributed by atoms with Crippen molar-refractivity contribution < 1.29 is 0 Å². The molecule has 0 saturated carbocycles. The van der Waals surface area contributed by atoms with Crippen LogP contribution in [0.15, 0.2) is 42.5 Å². The van der Waals surface area contributed by atoms with Gasteiger partial charge in [0.05, 0.1) is 27.0 Å². The van der Waals surface area contributed by atoms with Crippen LogP contribution in [0.2, 0.25) is 10.0 Å². The predicted octanol–water partition coefficient (Wildman–Crippen LogP) is 4.61. The minimum absolute atomic E-state index is 0.446. The second-order valence-corrected chi connectivity index (χ2v) is 4.17. The summed E-state index contributed by atoms with van der Waals surface area (Å²) in [6.07, 6.45) is 0. The monoisotopic (exact) mass is 262 g/mol. The summed E-state index contributed by atoms with van der Waals surface area (Å²) < 4.78 is 0. The molecule has 1 N–H and O–H groups in total. The maximum Gasteiger partial charge on any atom is 0.101 e. The standard InChI is InChI=1S/C13H8Cl2N2/c14-10-5-3-7-12(13(10)15)17-11-6-2-1-4-9(11)8-16/h1-7,17H. The number of nitriles is 1. The number of anilines is 2. The molecule has 17 heavy (non-hydrogen) atoms. The third-order valence-electron chi connectivity index (χ3n) is 2.27. The molecule has 0 atom stereocenters. The van der Waals surface area contributed by atoms with Crippen molar-refractivity contribution in [1.82, 2.24) is 0 Å². The fourth-order valence-corrected chi connectivity index (χ4v) is 1.78. The van der Waals surface area contributed by atoms with Crippen LogP contribution in [0.3, 0.4) is 0 Å². The van der Waals surface area contributed by atoms with Crippen molar-refractivity contribution in [2.45, 2.75) is 0 Å². The van der Waals surface area contributed by atoms with Crippen molar-refractivity contribution >= 4 is 34.6 Å². The number of hydrogen-bond acceptors (Lipinski definition) is 2. The minimum atomic E-state index is 0.446. The SMILES string of the molecule is N#Cc1ccccc1Nc1cccc(Cl)c1Cl. The number of para-hydroxylation sites is 1. The zero-order valence-corrected chi connectivity index (χ0v) is 10.3. The van der Waals surface area contributed by atoms with Crippen LogP contribution in [0, 0.1) is 11.3 Å². The molecule has 0 bridgehead atoms. The molecular formula is C13H8Cl2N2. The van der Waals surface area contributed by atoms with E-state index < -0.39 is 0 Å². The van der Waals surface area contributed by atoms with E-state index in [0.29, 0.717) is 27.0 Å². The Labute approximate surface area is 109 Å². The molecule has 0 amide bonds. The van der Waals surface area contributed by atoms with Gasteiger partial charge in [0.25, 0.3) is 0 Å². The van der Waals surface area contributed by atoms with Gasteiger partial charge in [-0.15, -0.1) is 0 Å². The van der Waals surface area contributed by atoms with E-state index in [-0.39, 0.29) is 0 Å². The highest BCUT2D eigenvalue weighted by Crippen LogP contribution is 2.32. The molecule has 2 nitrogen and oxygen atoms in total. The second-order valence-electron chi connectivity index (χ2n) is 3.38. The van der Waals surface area contributed by atoms with Gasteiger partial charge in [0, 0.05) is 0 Å². The molecule has 0 saturated heterocycles. The van der Waals surface area contributed by atoms with Gasteiger partial charge >= 0.3 is 0 Å². The zero-order valence-electron chi connectivity index (χ0n) is 8.74. The molecule has 0 aliphatic rings. The highest BCUT2D eigenvalue weighted by Gasteiger charge is 2.06. The summed E-state index contributed by atoms with van der Waals surface area (Å²) in [6.45, 7) is 0. The molecular weight excluding hydrogens is 255 g/mol. The van der Waals surface area contributed by atoms with Gasteiger partial charge in [-0.1, -0.05) is 41.4 Å². The van der Waals surface area contributed by atoms with E-state index in [1.807, 2.05) is 24.3 Å². The summed E-state index contributed by atoms with van der Waals surface area (Å²) in [5.74, 6) is 0. The van der Waals surface area contributed by atoms with Gasteiger partial charge in [0.2, 0.25) is 0 Å². The number of rotatable bonds is 2. The van der Waals surface area contributed by atoms with Gasteiger partial charge in [0.1, 0.15) is 6.07 Å². The van der Waals surface area contributed by atoms with Gasteiger partial charge in [-0.05, 0) is 24.3 Å². The van der Waals surface area contributed by atoms with Crippen LogP contribution in [0.4, 0.5) is 11.4 Å². The molecule has 0 aliphatic heterocycles. The molecule has 0 aromatic heterocycles. The Kier molecular flexibility index (Phi) is 3.53. The van der Waals surface area contributed by atoms with Crippen molar-refractivity contribution in [2.75, 3.05) is 5.32 Å². The van der Waals surface area contributed by atoms with E-state index in [0.717, 1.165) is 0 Å². The molecule has 4 heteroatoms. The number of nitrogens with zero attached hydrogens (tertiary/aromatic N) is 1. The van der Waals surface area contributed by atoms with Crippen LogP contribution >= 0.6 is 23.2 Å². The number of nitrogens with one attached hydrogen (secondary N) is 1. The van der Waals surface area contributed by atoms with Crippen LogP contribution < -0.4 is 5.32 Å². The van der Waals surface area contributed by atoms with Gasteiger partial charge in [-0.25, -0.2) is 0 Å². The van der Waals surface area contributed by atoms with E-state index >= 15 is 0 Å². The zero-order chi connectivity index (χ0) is 12.3. The minimum Gasteiger partial charge on any atom is -0.353 e. The highest BCUT2D eigenvalue weighted by atomic mass is 35.5. The first-order chi connectivity index (χ1) is 8.22. The predicted molar refractivity (Wildman–Crippen MR) is 70.9 cm³/mol. The van der Waals surface area contributed by atoms with Gasteiger partial charge in [-0.3, -0.25) is 0 Å². The third-order valence-corrected chi connectivity index (χ3v) is 3.09. The molecule has 0 fully saturated rings. The summed E-state index contributed by atoms with van der Waals surface area (Å²) in [4.78, 5) is 0. The van der Waals surface area contributed by atoms with Gasteiger partial charge in [-0.2, -0.15) is 5.26 Å². The quantitative estimate of drug-likeness (QED) is 0.858. The highest BCUT2D eigenvalue weighted by molar-refractivity contribution is 6.43. The lowest BCUT2D eigenvalue weighted by molar-refractivity contribution is 1.46. The molecule has 0 aliphatic carbocycles. The first-order valence-corrected chi connectivity index (χ1v) is 5.68. The molecule has 2 rings (SSSR count). The Hall–Kier alpha value is -1.69. The first kappa shape index (κ1) is 11.8. The summed E-state index contributed by atoms with van der Waals surface area (Å²) in [7, 11) is 0. The van der Waals surface area contributed by atoms with Crippen LogP contribution in [0.5, 0.6) is 0 Å². The van der Waals surface area contributed by atoms with E-state index in [1.54, 1.807) is 18.2 Å². The van der Waals surface area contributed by atoms with Crippen molar-refractivity contribution in [1.29, 1.82) is 5.26 Å². The number of hydrogen-bond donors (Lipinski definition) is 1. The lowest BCUT2D eigenvalue weighted by Gasteiger charge is -2.10. The Bertz CT molecular complexity index is 588. The summed E-state index contributed by atoms with van der Waals surface area (Å²) in [5.41, 5.74) is 1.95. The van der Waals surface area contributed by atoms with Crippen molar-refractivity contribution in [3.8, 4) is 6.07 Å². The summed E-state index contributed by atoms with van der Waals surface area (Å²) in [6, 6.07) is 14.6. The maximum atomic E-state index is 8.97. The largest absolute Gasteiger partial charge is 0.353 e. The Morgan fingerprint density at radius 1 is 0.941 bits per heavy atom. The Morgan fingerprint density at radius 3 is 2.41 bits per heavy atom. The molecule has 0 unspecified atom stereocenters. The van der Waals surface area contributed by atoms with E-state index in [1.165, 1.54) is 0 Å². The topological polar surface area (TPSA) is 35.8 Å². The lowest BCUT2D eigenvalue weighted by atomic mass is 10.2. The van der Waals surface area contributed by atoms with Gasteiger partial charge < -0.3 is 5.32 Å². The van der Waals surface area contributed by atoms with Crippen LogP contribution in [-0.4, -0.2) is 0 Å². The van der Waals surface area contributed by atoms with Gasteiger partial charge in [0.15, 0.2) is 0 Å². The van der Waals surface area contributed by atoms with E-state index in [4.69, 9.17) is 28.5 Å². The number of halogens is 2. The maximum absolute atomic E-state index is 8.97. The molecule has 0 heterocycles. The average molecular weight is 263 g/mol. The molecule has 0 radical (unpaired) electrons. The molecule has 2 aromatic rings. The average Bonchev–Trinajstić information content (AvgIpc) is 2.35. The Morgan fingerprint density at radius 2 is 1.65 bits per heavy atom. The van der Waals surface area contributed by atoms with Crippen molar-refractivity contribution in [3.05, 3.63) is 58.1 Å². The molecule has 2 aromatic carbocycles. The fourth-order valence-electron chi connectivity index (χ4n) is 1.44.